The minimum absolute atomic E-state index is 0.223. The number of carbonyl (C=O) groups is 4. The van der Waals surface area contributed by atoms with E-state index in [4.69, 9.17) is 9.47 Å². The van der Waals surface area contributed by atoms with Crippen LogP contribution in [0.1, 0.15) is 25.7 Å². The second-order valence-electron chi connectivity index (χ2n) is 7.83. The molecular weight excluding hydrogens is 440 g/mol. The molecule has 4 amide bonds. The van der Waals surface area contributed by atoms with Crippen molar-refractivity contribution in [1.29, 1.82) is 0 Å². The summed E-state index contributed by atoms with van der Waals surface area (Å²) >= 11 is 0. The molecule has 0 aliphatic heterocycles. The van der Waals surface area contributed by atoms with Crippen molar-refractivity contribution in [3.63, 3.8) is 0 Å². The second-order valence-corrected chi connectivity index (χ2v) is 7.83. The molecule has 180 valence electrons. The molecule has 10 nitrogen and oxygen atoms in total. The van der Waals surface area contributed by atoms with Crippen molar-refractivity contribution in [2.45, 2.75) is 25.7 Å². The first kappa shape index (κ1) is 24.6. The van der Waals surface area contributed by atoms with E-state index in [1.54, 1.807) is 48.5 Å². The lowest BCUT2D eigenvalue weighted by molar-refractivity contribution is -0.135. The van der Waals surface area contributed by atoms with Gasteiger partial charge in [0.15, 0.2) is 13.2 Å². The summed E-state index contributed by atoms with van der Waals surface area (Å²) in [5, 5.41) is 0. The normalized spacial score (nSPS) is 17.1. The number of hydrazine groups is 2. The van der Waals surface area contributed by atoms with Crippen LogP contribution >= 0.6 is 0 Å². The third kappa shape index (κ3) is 8.12. The molecule has 0 radical (unpaired) electrons. The maximum atomic E-state index is 12.3. The fraction of sp³-hybridized carbons (Fsp3) is 0.333. The van der Waals surface area contributed by atoms with Crippen LogP contribution in [0.15, 0.2) is 60.7 Å². The van der Waals surface area contributed by atoms with Crippen molar-refractivity contribution in [1.82, 2.24) is 21.7 Å². The topological polar surface area (TPSA) is 135 Å². The zero-order valence-electron chi connectivity index (χ0n) is 18.6. The van der Waals surface area contributed by atoms with E-state index in [9.17, 15) is 19.2 Å². The molecule has 0 heterocycles. The van der Waals surface area contributed by atoms with Gasteiger partial charge in [0, 0.05) is 11.8 Å². The molecule has 0 saturated heterocycles. The Balaban J connectivity index is 1.28. The number of amides is 4. The van der Waals surface area contributed by atoms with Crippen molar-refractivity contribution in [2.75, 3.05) is 13.2 Å². The first-order valence-electron chi connectivity index (χ1n) is 11.0. The molecule has 2 aromatic rings. The summed E-state index contributed by atoms with van der Waals surface area (Å²) in [5.74, 6) is -1.08. The first-order chi connectivity index (χ1) is 16.5. The van der Waals surface area contributed by atoms with Gasteiger partial charge in [-0.3, -0.25) is 40.9 Å². The molecule has 2 aromatic carbocycles. The molecule has 0 atom stereocenters. The highest BCUT2D eigenvalue weighted by Crippen LogP contribution is 2.28. The van der Waals surface area contributed by atoms with Gasteiger partial charge in [-0.2, -0.15) is 0 Å². The van der Waals surface area contributed by atoms with E-state index >= 15 is 0 Å². The first-order valence-corrected chi connectivity index (χ1v) is 11.0. The van der Waals surface area contributed by atoms with Crippen LogP contribution in [0, 0.1) is 11.8 Å². The second kappa shape index (κ2) is 12.8. The minimum atomic E-state index is -0.475. The molecule has 1 fully saturated rings. The monoisotopic (exact) mass is 468 g/mol. The summed E-state index contributed by atoms with van der Waals surface area (Å²) in [6.07, 6.45) is 1.97. The molecule has 0 aromatic heterocycles. The number of ether oxygens (including phenoxy) is 2. The Bertz CT molecular complexity index is 882. The average molecular weight is 469 g/mol. The Morgan fingerprint density at radius 1 is 0.588 bits per heavy atom. The van der Waals surface area contributed by atoms with Gasteiger partial charge in [-0.05, 0) is 49.9 Å². The SMILES string of the molecule is O=C(COc1ccccc1)NNC(=O)C1CCC(C(=O)NNC(=O)COc2ccccc2)CC1. The van der Waals surface area contributed by atoms with Crippen LogP contribution in [-0.2, 0) is 19.2 Å². The van der Waals surface area contributed by atoms with Crippen LogP contribution < -0.4 is 31.2 Å². The lowest BCUT2D eigenvalue weighted by Gasteiger charge is -2.27. The summed E-state index contributed by atoms with van der Waals surface area (Å²) in [5.41, 5.74) is 9.50. The van der Waals surface area contributed by atoms with Gasteiger partial charge in [0.05, 0.1) is 0 Å². The maximum absolute atomic E-state index is 12.3. The minimum Gasteiger partial charge on any atom is -0.484 e. The molecule has 1 aliphatic carbocycles. The molecule has 4 N–H and O–H groups in total. The quantitative estimate of drug-likeness (QED) is 0.431. The van der Waals surface area contributed by atoms with Crippen LogP contribution in [0.4, 0.5) is 0 Å². The maximum Gasteiger partial charge on any atom is 0.276 e. The Kier molecular flexibility index (Phi) is 9.27. The molecule has 1 saturated carbocycles. The number of rotatable bonds is 8. The van der Waals surface area contributed by atoms with E-state index in [0.29, 0.717) is 37.2 Å². The molecule has 3 rings (SSSR count). The molecule has 0 unspecified atom stereocenters. The highest BCUT2D eigenvalue weighted by Gasteiger charge is 2.30. The average Bonchev–Trinajstić information content (AvgIpc) is 2.89. The standard InChI is InChI=1S/C24H28N4O6/c29-21(15-33-19-7-3-1-4-8-19)25-27-23(31)17-11-13-18(14-12-17)24(32)28-26-22(30)16-34-20-9-5-2-6-10-20/h1-10,17-18H,11-16H2,(H,25,29)(H,26,30)(H,27,31)(H,28,32). The van der Waals surface area contributed by atoms with E-state index in [-0.39, 0.29) is 36.9 Å². The Morgan fingerprint density at radius 2 is 0.941 bits per heavy atom. The number of carbonyl (C=O) groups excluding carboxylic acids is 4. The van der Waals surface area contributed by atoms with Gasteiger partial charge in [0.25, 0.3) is 11.8 Å². The summed E-state index contributed by atoms with van der Waals surface area (Å²) in [6, 6.07) is 17.7. The highest BCUT2D eigenvalue weighted by atomic mass is 16.5. The third-order valence-corrected chi connectivity index (χ3v) is 5.35. The Labute approximate surface area is 197 Å². The number of hydrogen-bond acceptors (Lipinski definition) is 6. The fourth-order valence-electron chi connectivity index (χ4n) is 3.49. The number of hydrogen-bond donors (Lipinski definition) is 4. The molecule has 1 aliphatic rings. The number of benzene rings is 2. The van der Waals surface area contributed by atoms with Gasteiger partial charge in [0.1, 0.15) is 11.5 Å². The lowest BCUT2D eigenvalue weighted by atomic mass is 9.81. The summed E-state index contributed by atoms with van der Waals surface area (Å²) in [7, 11) is 0. The molecule has 0 spiro atoms. The van der Waals surface area contributed by atoms with Gasteiger partial charge >= 0.3 is 0 Å². The zero-order chi connectivity index (χ0) is 24.2. The number of para-hydroxylation sites is 2. The van der Waals surface area contributed by atoms with Crippen molar-refractivity contribution >= 4 is 23.6 Å². The number of nitrogens with one attached hydrogen (secondary N) is 4. The molecular formula is C24H28N4O6. The summed E-state index contributed by atoms with van der Waals surface area (Å²) in [4.78, 5) is 48.3. The predicted octanol–water partition coefficient (Wildman–Crippen LogP) is 1.25. The van der Waals surface area contributed by atoms with Gasteiger partial charge in [-0.1, -0.05) is 36.4 Å². The summed E-state index contributed by atoms with van der Waals surface area (Å²) in [6.45, 7) is -0.446. The van der Waals surface area contributed by atoms with E-state index in [0.717, 1.165) is 0 Å². The van der Waals surface area contributed by atoms with Crippen molar-refractivity contribution in [2.24, 2.45) is 11.8 Å². The van der Waals surface area contributed by atoms with Gasteiger partial charge in [-0.15, -0.1) is 0 Å². The highest BCUT2D eigenvalue weighted by molar-refractivity contribution is 5.85. The predicted molar refractivity (Wildman–Crippen MR) is 122 cm³/mol. The Hall–Kier alpha value is -4.08. The van der Waals surface area contributed by atoms with Crippen LogP contribution in [0.3, 0.4) is 0 Å². The van der Waals surface area contributed by atoms with Gasteiger partial charge < -0.3 is 9.47 Å². The molecule has 10 heteroatoms. The van der Waals surface area contributed by atoms with E-state index in [1.165, 1.54) is 0 Å². The zero-order valence-corrected chi connectivity index (χ0v) is 18.6. The van der Waals surface area contributed by atoms with Crippen molar-refractivity contribution in [3.8, 4) is 11.5 Å². The van der Waals surface area contributed by atoms with E-state index in [2.05, 4.69) is 21.7 Å². The van der Waals surface area contributed by atoms with Crippen LogP contribution in [0.25, 0.3) is 0 Å². The van der Waals surface area contributed by atoms with Crippen LogP contribution in [0.2, 0.25) is 0 Å². The largest absolute Gasteiger partial charge is 0.484 e. The molecule has 34 heavy (non-hydrogen) atoms. The van der Waals surface area contributed by atoms with Gasteiger partial charge in [0.2, 0.25) is 11.8 Å². The van der Waals surface area contributed by atoms with Gasteiger partial charge in [-0.25, -0.2) is 0 Å². The smallest absolute Gasteiger partial charge is 0.276 e. The van der Waals surface area contributed by atoms with Crippen LogP contribution in [-0.4, -0.2) is 36.8 Å². The summed E-state index contributed by atoms with van der Waals surface area (Å²) < 4.78 is 10.6. The van der Waals surface area contributed by atoms with Crippen LogP contribution in [0.5, 0.6) is 11.5 Å². The Morgan fingerprint density at radius 3 is 1.29 bits per heavy atom. The lowest BCUT2D eigenvalue weighted by Crippen LogP contribution is -2.48. The molecule has 0 bridgehead atoms. The van der Waals surface area contributed by atoms with E-state index < -0.39 is 11.8 Å². The van der Waals surface area contributed by atoms with E-state index in [1.807, 2.05) is 12.1 Å². The fourth-order valence-corrected chi connectivity index (χ4v) is 3.49. The third-order valence-electron chi connectivity index (χ3n) is 5.35. The van der Waals surface area contributed by atoms with Crippen molar-refractivity contribution in [3.05, 3.63) is 60.7 Å². The van der Waals surface area contributed by atoms with Crippen molar-refractivity contribution < 1.29 is 28.7 Å².